The molecule has 7 heteroatoms. The summed E-state index contributed by atoms with van der Waals surface area (Å²) in [5.74, 6) is 0.681. The number of nitrogens with zero attached hydrogens (tertiary/aromatic N) is 2. The van der Waals surface area contributed by atoms with Gasteiger partial charge in [0, 0.05) is 40.3 Å². The van der Waals surface area contributed by atoms with Crippen LogP contribution in [-0.2, 0) is 9.47 Å². The van der Waals surface area contributed by atoms with Crippen LogP contribution in [0, 0.1) is 0 Å². The summed E-state index contributed by atoms with van der Waals surface area (Å²) in [6.07, 6.45) is 0.600. The van der Waals surface area contributed by atoms with Gasteiger partial charge in [-0.2, -0.15) is 0 Å². The van der Waals surface area contributed by atoms with Crippen LogP contribution in [0.3, 0.4) is 0 Å². The van der Waals surface area contributed by atoms with Gasteiger partial charge in [0.1, 0.15) is 5.60 Å². The second kappa shape index (κ2) is 10.4. The van der Waals surface area contributed by atoms with Crippen molar-refractivity contribution in [1.82, 2.24) is 15.5 Å². The molecule has 0 heterocycles. The maximum atomic E-state index is 12.2. The number of hydrogen-bond acceptors (Lipinski definition) is 4. The van der Waals surface area contributed by atoms with Crippen LogP contribution >= 0.6 is 0 Å². The number of aliphatic imine (C=N–C) groups is 1. The fraction of sp³-hybridized carbons (Fsp3) is 0.882. The molecule has 0 aromatic carbocycles. The SMILES string of the molecule is CCCN(CCNC(=NC)NCC(C)(C)OC)C(=O)OC(C)(C)C. The molecule has 0 radical (unpaired) electrons. The molecule has 142 valence electrons. The Morgan fingerprint density at radius 3 is 2.21 bits per heavy atom. The quantitative estimate of drug-likeness (QED) is 0.522. The molecule has 7 nitrogen and oxygen atoms in total. The first kappa shape index (κ1) is 22.5. The lowest BCUT2D eigenvalue weighted by atomic mass is 10.1. The summed E-state index contributed by atoms with van der Waals surface area (Å²) < 4.78 is 10.8. The van der Waals surface area contributed by atoms with Gasteiger partial charge in [-0.25, -0.2) is 4.79 Å². The summed E-state index contributed by atoms with van der Waals surface area (Å²) in [4.78, 5) is 18.1. The van der Waals surface area contributed by atoms with Gasteiger partial charge >= 0.3 is 6.09 Å². The standard InChI is InChI=1S/C17H36N4O3/c1-9-11-21(15(22)24-16(2,3)4)12-10-19-14(18-7)20-13-17(5,6)23-8/h9-13H2,1-8H3,(H2,18,19,20). The summed E-state index contributed by atoms with van der Waals surface area (Å²) in [5.41, 5.74) is -0.762. The van der Waals surface area contributed by atoms with Crippen LogP contribution < -0.4 is 10.6 Å². The van der Waals surface area contributed by atoms with Crippen molar-refractivity contribution in [3.05, 3.63) is 0 Å². The van der Waals surface area contributed by atoms with Crippen molar-refractivity contribution in [3.63, 3.8) is 0 Å². The molecule has 0 atom stereocenters. The summed E-state index contributed by atoms with van der Waals surface area (Å²) in [5, 5.41) is 6.42. The zero-order valence-corrected chi connectivity index (χ0v) is 16.7. The number of hydrogen-bond donors (Lipinski definition) is 2. The van der Waals surface area contributed by atoms with Gasteiger partial charge in [0.05, 0.1) is 5.60 Å². The van der Waals surface area contributed by atoms with Crippen LogP contribution in [0.2, 0.25) is 0 Å². The molecule has 0 aliphatic carbocycles. The molecule has 0 aromatic rings. The van der Waals surface area contributed by atoms with Gasteiger partial charge in [-0.15, -0.1) is 0 Å². The van der Waals surface area contributed by atoms with E-state index in [1.165, 1.54) is 0 Å². The first-order valence-electron chi connectivity index (χ1n) is 8.52. The van der Waals surface area contributed by atoms with Crippen LogP contribution in [0.25, 0.3) is 0 Å². The minimum atomic E-state index is -0.486. The van der Waals surface area contributed by atoms with Gasteiger partial charge in [0.15, 0.2) is 5.96 Å². The highest BCUT2D eigenvalue weighted by Crippen LogP contribution is 2.10. The smallest absolute Gasteiger partial charge is 0.410 e. The minimum absolute atomic E-state index is 0.275. The molecule has 0 unspecified atom stereocenters. The number of guanidine groups is 1. The van der Waals surface area contributed by atoms with Gasteiger partial charge in [0.2, 0.25) is 0 Å². The Labute approximate surface area is 147 Å². The summed E-state index contributed by atoms with van der Waals surface area (Å²) >= 11 is 0. The average molecular weight is 345 g/mol. The Balaban J connectivity index is 4.42. The maximum Gasteiger partial charge on any atom is 0.410 e. The molecule has 0 bridgehead atoms. The number of carbonyl (C=O) groups excluding carboxylic acids is 1. The predicted octanol–water partition coefficient (Wildman–Crippen LogP) is 2.22. The number of ether oxygens (including phenoxy) is 2. The van der Waals surface area contributed by atoms with Crippen molar-refractivity contribution in [2.75, 3.05) is 40.3 Å². The number of amides is 1. The number of methoxy groups -OCH3 is 1. The minimum Gasteiger partial charge on any atom is -0.444 e. The van der Waals surface area contributed by atoms with Crippen molar-refractivity contribution in [3.8, 4) is 0 Å². The second-order valence-electron chi connectivity index (χ2n) is 7.28. The van der Waals surface area contributed by atoms with E-state index < -0.39 is 5.60 Å². The van der Waals surface area contributed by atoms with Crippen LogP contribution in [0.15, 0.2) is 4.99 Å². The highest BCUT2D eigenvalue weighted by Gasteiger charge is 2.21. The van der Waals surface area contributed by atoms with Gasteiger partial charge in [-0.1, -0.05) is 6.92 Å². The molecular weight excluding hydrogens is 308 g/mol. The van der Waals surface area contributed by atoms with Crippen molar-refractivity contribution in [2.24, 2.45) is 4.99 Å². The fourth-order valence-electron chi connectivity index (χ4n) is 1.79. The molecule has 0 saturated carbocycles. The normalized spacial score (nSPS) is 12.8. The predicted molar refractivity (Wildman–Crippen MR) is 98.6 cm³/mol. The van der Waals surface area contributed by atoms with E-state index in [-0.39, 0.29) is 11.7 Å². The molecule has 0 fully saturated rings. The van der Waals surface area contributed by atoms with Crippen molar-refractivity contribution >= 4 is 12.1 Å². The number of rotatable bonds is 8. The van der Waals surface area contributed by atoms with Gasteiger partial charge in [0.25, 0.3) is 0 Å². The summed E-state index contributed by atoms with van der Waals surface area (Å²) in [7, 11) is 3.40. The molecule has 0 aliphatic rings. The Morgan fingerprint density at radius 1 is 1.12 bits per heavy atom. The Hall–Kier alpha value is -1.50. The first-order chi connectivity index (χ1) is 11.0. The molecule has 1 amide bonds. The monoisotopic (exact) mass is 344 g/mol. The zero-order chi connectivity index (χ0) is 18.8. The molecule has 0 rings (SSSR count). The van der Waals surface area contributed by atoms with E-state index in [1.54, 1.807) is 19.1 Å². The van der Waals surface area contributed by atoms with E-state index in [9.17, 15) is 4.79 Å². The van der Waals surface area contributed by atoms with Crippen molar-refractivity contribution < 1.29 is 14.3 Å². The van der Waals surface area contributed by atoms with Gasteiger partial charge in [-0.3, -0.25) is 4.99 Å². The van der Waals surface area contributed by atoms with Crippen LogP contribution in [0.1, 0.15) is 48.0 Å². The van der Waals surface area contributed by atoms with Crippen molar-refractivity contribution in [2.45, 2.75) is 59.2 Å². The van der Waals surface area contributed by atoms with E-state index >= 15 is 0 Å². The van der Waals surface area contributed by atoms with E-state index in [2.05, 4.69) is 15.6 Å². The molecule has 0 spiro atoms. The van der Waals surface area contributed by atoms with E-state index in [0.29, 0.717) is 32.1 Å². The topological polar surface area (TPSA) is 75.2 Å². The highest BCUT2D eigenvalue weighted by molar-refractivity contribution is 5.79. The lowest BCUT2D eigenvalue weighted by Crippen LogP contribution is -2.48. The Kier molecular flexibility index (Phi) is 9.73. The largest absolute Gasteiger partial charge is 0.444 e. The number of nitrogens with one attached hydrogen (secondary N) is 2. The lowest BCUT2D eigenvalue weighted by Gasteiger charge is -2.28. The molecule has 2 N–H and O–H groups in total. The van der Waals surface area contributed by atoms with Crippen molar-refractivity contribution in [1.29, 1.82) is 0 Å². The summed E-state index contributed by atoms with van der Waals surface area (Å²) in [6.45, 7) is 14.1. The third kappa shape index (κ3) is 10.3. The van der Waals surface area contributed by atoms with E-state index in [1.807, 2.05) is 41.5 Å². The highest BCUT2D eigenvalue weighted by atomic mass is 16.6. The summed E-state index contributed by atoms with van der Waals surface area (Å²) in [6, 6.07) is 0. The molecular formula is C17H36N4O3. The van der Waals surface area contributed by atoms with E-state index in [4.69, 9.17) is 9.47 Å². The lowest BCUT2D eigenvalue weighted by molar-refractivity contribution is 0.0253. The average Bonchev–Trinajstić information content (AvgIpc) is 2.47. The molecule has 0 aliphatic heterocycles. The van der Waals surface area contributed by atoms with Gasteiger partial charge in [-0.05, 0) is 41.0 Å². The Morgan fingerprint density at radius 2 is 1.75 bits per heavy atom. The molecule has 0 aromatic heterocycles. The fourth-order valence-corrected chi connectivity index (χ4v) is 1.79. The molecule has 24 heavy (non-hydrogen) atoms. The first-order valence-corrected chi connectivity index (χ1v) is 8.52. The van der Waals surface area contributed by atoms with Crippen LogP contribution in [0.4, 0.5) is 4.79 Å². The maximum absolute atomic E-state index is 12.2. The van der Waals surface area contributed by atoms with Gasteiger partial charge < -0.3 is 25.0 Å². The zero-order valence-electron chi connectivity index (χ0n) is 16.7. The molecule has 0 saturated heterocycles. The Bertz CT molecular complexity index is 403. The van der Waals surface area contributed by atoms with Crippen LogP contribution in [-0.4, -0.2) is 68.5 Å². The van der Waals surface area contributed by atoms with E-state index in [0.717, 1.165) is 6.42 Å². The third-order valence-corrected chi connectivity index (χ3v) is 3.28. The van der Waals surface area contributed by atoms with Crippen LogP contribution in [0.5, 0.6) is 0 Å². The third-order valence-electron chi connectivity index (χ3n) is 3.28. The number of carbonyl (C=O) groups is 1. The second-order valence-corrected chi connectivity index (χ2v) is 7.28.